The van der Waals surface area contributed by atoms with Gasteiger partial charge in [-0.25, -0.2) is 4.79 Å². The number of hydrogen-bond acceptors (Lipinski definition) is 2. The van der Waals surface area contributed by atoms with Crippen LogP contribution in [0.4, 0.5) is 4.79 Å². The minimum absolute atomic E-state index is 0.0123. The zero-order chi connectivity index (χ0) is 12.1. The van der Waals surface area contributed by atoms with E-state index in [9.17, 15) is 9.59 Å². The smallest absolute Gasteiger partial charge is 0.317 e. The van der Waals surface area contributed by atoms with Crippen molar-refractivity contribution in [2.45, 2.75) is 33.6 Å². The highest BCUT2D eigenvalue weighted by molar-refractivity contribution is 5.86. The average molecular weight is 226 g/mol. The van der Waals surface area contributed by atoms with Crippen LogP contribution in [-0.2, 0) is 4.79 Å². The van der Waals surface area contributed by atoms with Crippen LogP contribution in [-0.4, -0.2) is 36.3 Å². The molecule has 0 bridgehead atoms. The summed E-state index contributed by atoms with van der Waals surface area (Å²) in [5.41, 5.74) is 0. The van der Waals surface area contributed by atoms with Crippen LogP contribution in [0.15, 0.2) is 0 Å². The number of Topliss-reactive ketones (excluding diaryl/α,β-unsaturated/α-hetero) is 1. The van der Waals surface area contributed by atoms with Crippen LogP contribution in [0.2, 0.25) is 0 Å². The van der Waals surface area contributed by atoms with E-state index in [0.717, 1.165) is 25.9 Å². The average Bonchev–Trinajstić information content (AvgIpc) is 2.26. The summed E-state index contributed by atoms with van der Waals surface area (Å²) in [5, 5.41) is 2.69. The van der Waals surface area contributed by atoms with Crippen LogP contribution in [0.25, 0.3) is 0 Å². The van der Waals surface area contributed by atoms with E-state index in [1.165, 1.54) is 0 Å². The van der Waals surface area contributed by atoms with Gasteiger partial charge in [0.05, 0.1) is 6.54 Å². The Morgan fingerprint density at radius 1 is 1.31 bits per heavy atom. The molecule has 1 N–H and O–H groups in total. The maximum Gasteiger partial charge on any atom is 0.317 e. The molecule has 1 rings (SSSR count). The van der Waals surface area contributed by atoms with Crippen molar-refractivity contribution < 1.29 is 9.59 Å². The number of carbonyl (C=O) groups excluding carboxylic acids is 2. The van der Waals surface area contributed by atoms with Gasteiger partial charge < -0.3 is 10.2 Å². The van der Waals surface area contributed by atoms with E-state index >= 15 is 0 Å². The van der Waals surface area contributed by atoms with Crippen molar-refractivity contribution in [1.29, 1.82) is 0 Å². The quantitative estimate of drug-likeness (QED) is 0.795. The molecule has 0 aliphatic carbocycles. The maximum atomic E-state index is 11.7. The first kappa shape index (κ1) is 13.0. The third kappa shape index (κ3) is 3.83. The number of amides is 2. The van der Waals surface area contributed by atoms with Crippen molar-refractivity contribution in [3.63, 3.8) is 0 Å². The molecule has 16 heavy (non-hydrogen) atoms. The lowest BCUT2D eigenvalue weighted by molar-refractivity contribution is -0.120. The van der Waals surface area contributed by atoms with Gasteiger partial charge >= 0.3 is 6.03 Å². The number of carbonyl (C=O) groups is 2. The highest BCUT2D eigenvalue weighted by Crippen LogP contribution is 2.15. The second-order valence-corrected chi connectivity index (χ2v) is 4.95. The zero-order valence-corrected chi connectivity index (χ0v) is 10.5. The molecule has 1 saturated heterocycles. The maximum absolute atomic E-state index is 11.7. The number of nitrogens with zero attached hydrogens (tertiary/aromatic N) is 1. The number of ketones is 1. The van der Waals surface area contributed by atoms with Crippen molar-refractivity contribution in [3.8, 4) is 0 Å². The molecule has 1 aliphatic rings. The van der Waals surface area contributed by atoms with E-state index in [4.69, 9.17) is 0 Å². The van der Waals surface area contributed by atoms with Crippen molar-refractivity contribution in [1.82, 2.24) is 10.2 Å². The molecule has 0 saturated carbocycles. The minimum Gasteiger partial charge on any atom is -0.331 e. The number of nitrogens with one attached hydrogen (secondary N) is 1. The van der Waals surface area contributed by atoms with E-state index in [2.05, 4.69) is 12.2 Å². The number of piperidine rings is 1. The van der Waals surface area contributed by atoms with E-state index in [1.807, 2.05) is 13.8 Å². The first-order chi connectivity index (χ1) is 7.50. The van der Waals surface area contributed by atoms with Crippen LogP contribution >= 0.6 is 0 Å². The second kappa shape index (κ2) is 5.87. The lowest BCUT2D eigenvalue weighted by Gasteiger charge is -2.30. The highest BCUT2D eigenvalue weighted by Gasteiger charge is 2.20. The molecule has 92 valence electrons. The van der Waals surface area contributed by atoms with E-state index in [0.29, 0.717) is 5.92 Å². The molecule has 0 radical (unpaired) electrons. The summed E-state index contributed by atoms with van der Waals surface area (Å²) in [5.74, 6) is 0.779. The molecule has 0 spiro atoms. The van der Waals surface area contributed by atoms with Crippen molar-refractivity contribution >= 4 is 11.8 Å². The van der Waals surface area contributed by atoms with Gasteiger partial charge in [-0.2, -0.15) is 0 Å². The normalized spacial score (nSPS) is 17.6. The Balaban J connectivity index is 2.27. The number of urea groups is 1. The fraction of sp³-hybridized carbons (Fsp3) is 0.833. The molecule has 0 atom stereocenters. The van der Waals surface area contributed by atoms with Crippen molar-refractivity contribution in [2.75, 3.05) is 19.6 Å². The molecule has 4 heteroatoms. The molecule has 0 aromatic heterocycles. The van der Waals surface area contributed by atoms with Crippen molar-refractivity contribution in [2.24, 2.45) is 11.8 Å². The molecule has 1 fully saturated rings. The standard InChI is InChI=1S/C12H22N2O2/c1-9(2)11(15)8-13-12(16)14-6-4-10(3)5-7-14/h9-10H,4-8H2,1-3H3,(H,13,16). The predicted molar refractivity (Wildman–Crippen MR) is 63.2 cm³/mol. The third-order valence-electron chi connectivity index (χ3n) is 3.13. The Morgan fingerprint density at radius 2 is 1.88 bits per heavy atom. The van der Waals surface area contributed by atoms with Crippen LogP contribution in [0.3, 0.4) is 0 Å². The third-order valence-corrected chi connectivity index (χ3v) is 3.13. The molecular formula is C12H22N2O2. The summed E-state index contributed by atoms with van der Waals surface area (Å²) in [4.78, 5) is 24.8. The Kier molecular flexibility index (Phi) is 4.77. The summed E-state index contributed by atoms with van der Waals surface area (Å²) in [7, 11) is 0. The van der Waals surface area contributed by atoms with Crippen LogP contribution in [0, 0.1) is 11.8 Å². The number of likely N-dealkylation sites (tertiary alicyclic amines) is 1. The fourth-order valence-electron chi connectivity index (χ4n) is 1.69. The van der Waals surface area contributed by atoms with Gasteiger partial charge in [0, 0.05) is 19.0 Å². The van der Waals surface area contributed by atoms with Crippen molar-refractivity contribution in [3.05, 3.63) is 0 Å². The molecule has 0 aromatic rings. The van der Waals surface area contributed by atoms with Gasteiger partial charge in [0.25, 0.3) is 0 Å². The zero-order valence-electron chi connectivity index (χ0n) is 10.5. The summed E-state index contributed by atoms with van der Waals surface area (Å²) >= 11 is 0. The van der Waals surface area contributed by atoms with E-state index < -0.39 is 0 Å². The van der Waals surface area contributed by atoms with E-state index in [-0.39, 0.29) is 24.3 Å². The Bertz CT molecular complexity index is 256. The molecule has 0 unspecified atom stereocenters. The minimum atomic E-state index is -0.0964. The van der Waals surface area contributed by atoms with Crippen LogP contribution in [0.1, 0.15) is 33.6 Å². The topological polar surface area (TPSA) is 49.4 Å². The fourth-order valence-corrected chi connectivity index (χ4v) is 1.69. The van der Waals surface area contributed by atoms with Gasteiger partial charge in [0.2, 0.25) is 0 Å². The summed E-state index contributed by atoms with van der Waals surface area (Å²) in [6.45, 7) is 7.67. The van der Waals surface area contributed by atoms with Gasteiger partial charge in [-0.15, -0.1) is 0 Å². The Morgan fingerprint density at radius 3 is 2.38 bits per heavy atom. The Hall–Kier alpha value is -1.06. The van der Waals surface area contributed by atoms with Gasteiger partial charge in [-0.05, 0) is 18.8 Å². The lowest BCUT2D eigenvalue weighted by atomic mass is 10.00. The Labute approximate surface area is 97.4 Å². The summed E-state index contributed by atoms with van der Waals surface area (Å²) in [6, 6.07) is -0.0964. The largest absolute Gasteiger partial charge is 0.331 e. The monoisotopic (exact) mass is 226 g/mol. The molecule has 1 aliphatic heterocycles. The first-order valence-corrected chi connectivity index (χ1v) is 6.06. The second-order valence-electron chi connectivity index (χ2n) is 4.95. The summed E-state index contributed by atoms with van der Waals surface area (Å²) in [6.07, 6.45) is 2.12. The first-order valence-electron chi connectivity index (χ1n) is 6.06. The van der Waals surface area contributed by atoms with Gasteiger partial charge in [-0.3, -0.25) is 4.79 Å². The highest BCUT2D eigenvalue weighted by atomic mass is 16.2. The lowest BCUT2D eigenvalue weighted by Crippen LogP contribution is -2.45. The number of hydrogen-bond donors (Lipinski definition) is 1. The summed E-state index contributed by atoms with van der Waals surface area (Å²) < 4.78 is 0. The van der Waals surface area contributed by atoms with Gasteiger partial charge in [-0.1, -0.05) is 20.8 Å². The van der Waals surface area contributed by atoms with E-state index in [1.54, 1.807) is 4.90 Å². The molecule has 1 heterocycles. The van der Waals surface area contributed by atoms with Crippen LogP contribution in [0.5, 0.6) is 0 Å². The molecule has 0 aromatic carbocycles. The SMILES string of the molecule is CC1CCN(C(=O)NCC(=O)C(C)C)CC1. The molecular weight excluding hydrogens is 204 g/mol. The van der Waals surface area contributed by atoms with Gasteiger partial charge in [0.15, 0.2) is 5.78 Å². The molecule has 4 nitrogen and oxygen atoms in total. The predicted octanol–water partition coefficient (Wildman–Crippen LogP) is 1.65. The van der Waals surface area contributed by atoms with Crippen LogP contribution < -0.4 is 5.32 Å². The molecule has 2 amide bonds. The van der Waals surface area contributed by atoms with Gasteiger partial charge in [0.1, 0.15) is 0 Å². The number of rotatable bonds is 3.